The van der Waals surface area contributed by atoms with Gasteiger partial charge in [0.1, 0.15) is 0 Å². The highest BCUT2D eigenvalue weighted by Crippen LogP contribution is 2.15. The number of carboxylic acids is 1. The number of rotatable bonds is 10. The summed E-state index contributed by atoms with van der Waals surface area (Å²) in [6.07, 6.45) is 3.60. The summed E-state index contributed by atoms with van der Waals surface area (Å²) in [5.41, 5.74) is 1.08. The van der Waals surface area contributed by atoms with Crippen LogP contribution in [0.2, 0.25) is 0 Å². The van der Waals surface area contributed by atoms with Gasteiger partial charge in [-0.1, -0.05) is 57.0 Å². The van der Waals surface area contributed by atoms with Crippen molar-refractivity contribution in [3.8, 4) is 0 Å². The van der Waals surface area contributed by atoms with E-state index >= 15 is 0 Å². The third-order valence-corrected chi connectivity index (χ3v) is 3.76. The Balaban J connectivity index is 2.67. The molecule has 1 aromatic carbocycles. The Morgan fingerprint density at radius 3 is 2.45 bits per heavy atom. The molecule has 0 heterocycles. The Labute approximate surface area is 133 Å². The summed E-state index contributed by atoms with van der Waals surface area (Å²) >= 11 is 0. The zero-order chi connectivity index (χ0) is 16.4. The number of hydrogen-bond donors (Lipinski definition) is 1. The van der Waals surface area contributed by atoms with Crippen molar-refractivity contribution >= 4 is 11.9 Å². The van der Waals surface area contributed by atoms with Gasteiger partial charge < -0.3 is 10.0 Å². The summed E-state index contributed by atoms with van der Waals surface area (Å²) in [6.45, 7) is 5.13. The number of carbonyl (C=O) groups excluding carboxylic acids is 1. The van der Waals surface area contributed by atoms with E-state index in [0.29, 0.717) is 19.5 Å². The molecule has 0 fully saturated rings. The van der Waals surface area contributed by atoms with E-state index in [1.807, 2.05) is 37.3 Å². The molecule has 1 N–H and O–H groups in total. The molecule has 4 heteroatoms. The number of carbonyl (C=O) groups is 2. The zero-order valence-electron chi connectivity index (χ0n) is 13.6. The van der Waals surface area contributed by atoms with Crippen LogP contribution in [0.15, 0.2) is 30.3 Å². The number of unbranched alkanes of at least 4 members (excludes halogenated alkanes) is 1. The van der Waals surface area contributed by atoms with E-state index in [-0.39, 0.29) is 18.2 Å². The fourth-order valence-corrected chi connectivity index (χ4v) is 2.44. The Bertz CT molecular complexity index is 459. The SMILES string of the molecule is CCCCC(C)C(=O)N(CCCC(=O)O)Cc1ccccc1. The number of benzene rings is 1. The molecule has 0 radical (unpaired) electrons. The number of hydrogen-bond acceptors (Lipinski definition) is 2. The minimum atomic E-state index is -0.814. The normalized spacial score (nSPS) is 11.9. The predicted molar refractivity (Wildman–Crippen MR) is 87.4 cm³/mol. The first-order valence-corrected chi connectivity index (χ1v) is 8.09. The van der Waals surface area contributed by atoms with Crippen LogP contribution in [0.4, 0.5) is 0 Å². The third kappa shape index (κ3) is 6.74. The molecule has 1 amide bonds. The van der Waals surface area contributed by atoms with E-state index in [0.717, 1.165) is 24.8 Å². The molecular weight excluding hydrogens is 278 g/mol. The summed E-state index contributed by atoms with van der Waals surface area (Å²) in [6, 6.07) is 9.85. The molecule has 4 nitrogen and oxygen atoms in total. The average molecular weight is 305 g/mol. The van der Waals surface area contributed by atoms with E-state index in [1.54, 1.807) is 4.90 Å². The third-order valence-electron chi connectivity index (χ3n) is 3.76. The van der Waals surface area contributed by atoms with Gasteiger partial charge >= 0.3 is 5.97 Å². The maximum atomic E-state index is 12.6. The van der Waals surface area contributed by atoms with Crippen LogP contribution in [-0.4, -0.2) is 28.4 Å². The highest BCUT2D eigenvalue weighted by atomic mass is 16.4. The molecule has 0 bridgehead atoms. The van der Waals surface area contributed by atoms with E-state index in [2.05, 4.69) is 6.92 Å². The molecule has 0 aliphatic carbocycles. The van der Waals surface area contributed by atoms with Gasteiger partial charge in [-0.25, -0.2) is 0 Å². The van der Waals surface area contributed by atoms with Crippen LogP contribution in [0, 0.1) is 5.92 Å². The molecule has 0 saturated carbocycles. The molecule has 0 saturated heterocycles. The maximum Gasteiger partial charge on any atom is 0.303 e. The molecule has 122 valence electrons. The fraction of sp³-hybridized carbons (Fsp3) is 0.556. The summed E-state index contributed by atoms with van der Waals surface area (Å²) in [4.78, 5) is 25.1. The van der Waals surface area contributed by atoms with Gasteiger partial charge in [0.25, 0.3) is 0 Å². The van der Waals surface area contributed by atoms with Crippen LogP contribution in [0.25, 0.3) is 0 Å². The topological polar surface area (TPSA) is 57.6 Å². The standard InChI is InChI=1S/C18H27NO3/c1-3-4-9-15(2)18(22)19(13-8-12-17(20)21)14-16-10-6-5-7-11-16/h5-7,10-11,15H,3-4,8-9,12-14H2,1-2H3,(H,20,21). The molecule has 0 aromatic heterocycles. The highest BCUT2D eigenvalue weighted by Gasteiger charge is 2.20. The Morgan fingerprint density at radius 2 is 1.86 bits per heavy atom. The largest absolute Gasteiger partial charge is 0.481 e. The molecule has 1 unspecified atom stereocenters. The van der Waals surface area contributed by atoms with Crippen molar-refractivity contribution in [1.29, 1.82) is 0 Å². The number of carboxylic acid groups (broad SMARTS) is 1. The monoisotopic (exact) mass is 305 g/mol. The van der Waals surface area contributed by atoms with Gasteiger partial charge in [-0.05, 0) is 18.4 Å². The first-order valence-electron chi connectivity index (χ1n) is 8.09. The number of nitrogens with zero attached hydrogens (tertiary/aromatic N) is 1. The smallest absolute Gasteiger partial charge is 0.303 e. The molecule has 0 aliphatic rings. The number of amides is 1. The van der Waals surface area contributed by atoms with Gasteiger partial charge in [0.2, 0.25) is 5.91 Å². The number of aliphatic carboxylic acids is 1. The van der Waals surface area contributed by atoms with Crippen LogP contribution in [0.5, 0.6) is 0 Å². The van der Waals surface area contributed by atoms with Crippen molar-refractivity contribution in [3.05, 3.63) is 35.9 Å². The molecule has 0 spiro atoms. The van der Waals surface area contributed by atoms with Gasteiger partial charge in [-0.2, -0.15) is 0 Å². The second-order valence-electron chi connectivity index (χ2n) is 5.79. The van der Waals surface area contributed by atoms with E-state index in [1.165, 1.54) is 0 Å². The molecule has 1 atom stereocenters. The summed E-state index contributed by atoms with van der Waals surface area (Å²) in [5, 5.41) is 8.78. The summed E-state index contributed by atoms with van der Waals surface area (Å²) < 4.78 is 0. The zero-order valence-corrected chi connectivity index (χ0v) is 13.6. The van der Waals surface area contributed by atoms with Gasteiger partial charge in [0.05, 0.1) is 0 Å². The lowest BCUT2D eigenvalue weighted by Gasteiger charge is -2.26. The summed E-state index contributed by atoms with van der Waals surface area (Å²) in [5.74, 6) is -0.692. The predicted octanol–water partition coefficient (Wildman–Crippen LogP) is 3.71. The van der Waals surface area contributed by atoms with Crippen molar-refractivity contribution in [3.63, 3.8) is 0 Å². The average Bonchev–Trinajstić information content (AvgIpc) is 2.51. The van der Waals surface area contributed by atoms with Crippen LogP contribution in [0.3, 0.4) is 0 Å². The van der Waals surface area contributed by atoms with Crippen molar-refractivity contribution in [2.75, 3.05) is 6.54 Å². The van der Waals surface area contributed by atoms with Gasteiger partial charge in [-0.15, -0.1) is 0 Å². The molecule has 1 aromatic rings. The van der Waals surface area contributed by atoms with E-state index < -0.39 is 5.97 Å². The Kier molecular flexibility index (Phi) is 8.26. The molecule has 0 aliphatic heterocycles. The first kappa shape index (κ1) is 18.2. The van der Waals surface area contributed by atoms with Crippen molar-refractivity contribution in [1.82, 2.24) is 4.90 Å². The quantitative estimate of drug-likeness (QED) is 0.717. The van der Waals surface area contributed by atoms with Gasteiger partial charge in [-0.3, -0.25) is 9.59 Å². The van der Waals surface area contributed by atoms with Crippen molar-refractivity contribution < 1.29 is 14.7 Å². The minimum absolute atomic E-state index is 0.00603. The van der Waals surface area contributed by atoms with Crippen LogP contribution >= 0.6 is 0 Å². The van der Waals surface area contributed by atoms with Crippen LogP contribution < -0.4 is 0 Å². The Hall–Kier alpha value is -1.84. The highest BCUT2D eigenvalue weighted by molar-refractivity contribution is 5.78. The van der Waals surface area contributed by atoms with Crippen LogP contribution in [-0.2, 0) is 16.1 Å². The second-order valence-corrected chi connectivity index (χ2v) is 5.79. The lowest BCUT2D eigenvalue weighted by molar-refractivity contribution is -0.139. The van der Waals surface area contributed by atoms with Gasteiger partial charge in [0, 0.05) is 25.4 Å². The molecular formula is C18H27NO3. The van der Waals surface area contributed by atoms with Crippen molar-refractivity contribution in [2.45, 2.75) is 52.5 Å². The maximum absolute atomic E-state index is 12.6. The Morgan fingerprint density at radius 1 is 1.18 bits per heavy atom. The first-order chi connectivity index (χ1) is 10.5. The molecule has 1 rings (SSSR count). The van der Waals surface area contributed by atoms with Crippen molar-refractivity contribution in [2.24, 2.45) is 5.92 Å². The molecule has 22 heavy (non-hydrogen) atoms. The fourth-order valence-electron chi connectivity index (χ4n) is 2.44. The summed E-state index contributed by atoms with van der Waals surface area (Å²) in [7, 11) is 0. The van der Waals surface area contributed by atoms with E-state index in [4.69, 9.17) is 5.11 Å². The minimum Gasteiger partial charge on any atom is -0.481 e. The van der Waals surface area contributed by atoms with Crippen LogP contribution in [0.1, 0.15) is 51.5 Å². The van der Waals surface area contributed by atoms with Gasteiger partial charge in [0.15, 0.2) is 0 Å². The second kappa shape index (κ2) is 9.98. The van der Waals surface area contributed by atoms with E-state index in [9.17, 15) is 9.59 Å². The lowest BCUT2D eigenvalue weighted by Crippen LogP contribution is -2.35. The lowest BCUT2D eigenvalue weighted by atomic mass is 10.0.